The Kier molecular flexibility index (Phi) is 4.77. The smallest absolute Gasteiger partial charge is 0.316 e. The lowest BCUT2D eigenvalue weighted by molar-refractivity contribution is 0.321. The summed E-state index contributed by atoms with van der Waals surface area (Å²) in [6.45, 7) is 6.28. The minimum absolute atomic E-state index is 0.237. The van der Waals surface area contributed by atoms with Gasteiger partial charge in [-0.05, 0) is 49.6 Å². The van der Waals surface area contributed by atoms with Crippen LogP contribution in [0.1, 0.15) is 16.7 Å². The van der Waals surface area contributed by atoms with Crippen LogP contribution < -0.4 is 15.8 Å². The number of nitrogens with two attached hydrogens (primary N) is 1. The van der Waals surface area contributed by atoms with Gasteiger partial charge in [-0.2, -0.15) is 0 Å². The number of aromatic nitrogens is 2. The first kappa shape index (κ1) is 14.8. The van der Waals surface area contributed by atoms with E-state index in [2.05, 4.69) is 47.3 Å². The maximum absolute atomic E-state index is 5.89. The zero-order valence-corrected chi connectivity index (χ0v) is 12.6. The third-order valence-electron chi connectivity index (χ3n) is 2.77. The van der Waals surface area contributed by atoms with E-state index < -0.39 is 0 Å². The first-order chi connectivity index (χ1) is 10.0. The first-order valence-electron chi connectivity index (χ1n) is 6.74. The van der Waals surface area contributed by atoms with Gasteiger partial charge in [0.2, 0.25) is 0 Å². The molecule has 0 spiro atoms. The molecule has 5 nitrogen and oxygen atoms in total. The first-order valence-corrected chi connectivity index (χ1v) is 6.74. The standard InChI is InChI=1S/C16H20N4O/c1-11-4-12(2)6-15(5-11)18-9-14(17)10-21-16-19-7-13(3)8-20-16/h4-9,18H,10,17H2,1-3H3/b14-9-. The summed E-state index contributed by atoms with van der Waals surface area (Å²) in [5.41, 5.74) is 10.9. The summed E-state index contributed by atoms with van der Waals surface area (Å²) < 4.78 is 5.40. The summed E-state index contributed by atoms with van der Waals surface area (Å²) in [7, 11) is 0. The van der Waals surface area contributed by atoms with Gasteiger partial charge in [-0.1, -0.05) is 6.07 Å². The maximum Gasteiger partial charge on any atom is 0.316 e. The molecular formula is C16H20N4O. The Morgan fingerprint density at radius 2 is 1.71 bits per heavy atom. The molecule has 1 aromatic carbocycles. The third kappa shape index (κ3) is 4.80. The van der Waals surface area contributed by atoms with E-state index in [1.807, 2.05) is 6.92 Å². The number of hydrogen-bond donors (Lipinski definition) is 2. The van der Waals surface area contributed by atoms with Crippen LogP contribution in [0, 0.1) is 20.8 Å². The SMILES string of the molecule is Cc1cnc(OC/C(N)=C/Nc2cc(C)cc(C)c2)nc1. The van der Waals surface area contributed by atoms with Crippen molar-refractivity contribution >= 4 is 5.69 Å². The van der Waals surface area contributed by atoms with Gasteiger partial charge in [-0.15, -0.1) is 0 Å². The molecule has 0 aliphatic rings. The Balaban J connectivity index is 1.90. The van der Waals surface area contributed by atoms with E-state index in [-0.39, 0.29) is 6.61 Å². The van der Waals surface area contributed by atoms with Gasteiger partial charge < -0.3 is 15.8 Å². The molecular weight excluding hydrogens is 264 g/mol. The Morgan fingerprint density at radius 1 is 1.10 bits per heavy atom. The Hall–Kier alpha value is -2.56. The van der Waals surface area contributed by atoms with Crippen molar-refractivity contribution in [1.29, 1.82) is 0 Å². The largest absolute Gasteiger partial charge is 0.457 e. The second kappa shape index (κ2) is 6.74. The average molecular weight is 284 g/mol. The van der Waals surface area contributed by atoms with Crippen LogP contribution in [-0.4, -0.2) is 16.6 Å². The van der Waals surface area contributed by atoms with Gasteiger partial charge in [-0.25, -0.2) is 9.97 Å². The molecule has 3 N–H and O–H groups in total. The van der Waals surface area contributed by atoms with Crippen LogP contribution >= 0.6 is 0 Å². The number of anilines is 1. The van der Waals surface area contributed by atoms with Gasteiger partial charge in [-0.3, -0.25) is 0 Å². The molecule has 0 bridgehead atoms. The fourth-order valence-electron chi connectivity index (χ4n) is 1.88. The Bertz CT molecular complexity index is 615. The summed E-state index contributed by atoms with van der Waals surface area (Å²) in [5, 5.41) is 3.16. The summed E-state index contributed by atoms with van der Waals surface area (Å²) >= 11 is 0. The average Bonchev–Trinajstić information content (AvgIpc) is 2.43. The van der Waals surface area contributed by atoms with Crippen LogP contribution in [0.4, 0.5) is 5.69 Å². The number of rotatable bonds is 5. The van der Waals surface area contributed by atoms with Crippen LogP contribution in [0.15, 0.2) is 42.5 Å². The van der Waals surface area contributed by atoms with Crippen LogP contribution in [0.2, 0.25) is 0 Å². The second-order valence-corrected chi connectivity index (χ2v) is 5.07. The maximum atomic E-state index is 5.89. The van der Waals surface area contributed by atoms with Crippen LogP contribution in [0.3, 0.4) is 0 Å². The summed E-state index contributed by atoms with van der Waals surface area (Å²) in [6.07, 6.45) is 5.13. The number of aryl methyl sites for hydroxylation is 3. The van der Waals surface area contributed by atoms with E-state index >= 15 is 0 Å². The molecule has 0 unspecified atom stereocenters. The summed E-state index contributed by atoms with van der Waals surface area (Å²) in [5.74, 6) is 0. The molecule has 110 valence electrons. The molecule has 1 aromatic heterocycles. The summed E-state index contributed by atoms with van der Waals surface area (Å²) in [4.78, 5) is 8.11. The molecule has 1 heterocycles. The zero-order chi connectivity index (χ0) is 15.2. The normalized spacial score (nSPS) is 11.3. The lowest BCUT2D eigenvalue weighted by Crippen LogP contribution is -2.12. The van der Waals surface area contributed by atoms with Crippen LogP contribution in [0.25, 0.3) is 0 Å². The predicted octanol–water partition coefficient (Wildman–Crippen LogP) is 2.69. The van der Waals surface area contributed by atoms with Crippen molar-refractivity contribution in [3.8, 4) is 6.01 Å². The fourth-order valence-corrected chi connectivity index (χ4v) is 1.88. The monoisotopic (exact) mass is 284 g/mol. The number of ether oxygens (including phenoxy) is 1. The number of nitrogens with zero attached hydrogens (tertiary/aromatic N) is 2. The topological polar surface area (TPSA) is 73.1 Å². The molecule has 0 aliphatic carbocycles. The van der Waals surface area contributed by atoms with Crippen LogP contribution in [0.5, 0.6) is 6.01 Å². The zero-order valence-electron chi connectivity index (χ0n) is 12.6. The minimum atomic E-state index is 0.237. The molecule has 21 heavy (non-hydrogen) atoms. The third-order valence-corrected chi connectivity index (χ3v) is 2.77. The van der Waals surface area contributed by atoms with Gasteiger partial charge in [0.05, 0.1) is 5.70 Å². The predicted molar refractivity (Wildman–Crippen MR) is 84.1 cm³/mol. The van der Waals surface area contributed by atoms with E-state index in [1.165, 1.54) is 11.1 Å². The highest BCUT2D eigenvalue weighted by atomic mass is 16.5. The van der Waals surface area contributed by atoms with Crippen molar-refractivity contribution in [2.45, 2.75) is 20.8 Å². The fraction of sp³-hybridized carbons (Fsp3) is 0.250. The lowest BCUT2D eigenvalue weighted by atomic mass is 10.1. The van der Waals surface area contributed by atoms with E-state index in [9.17, 15) is 0 Å². The van der Waals surface area contributed by atoms with E-state index in [0.29, 0.717) is 11.7 Å². The quantitative estimate of drug-likeness (QED) is 0.883. The van der Waals surface area contributed by atoms with E-state index in [0.717, 1.165) is 11.3 Å². The van der Waals surface area contributed by atoms with Crippen molar-refractivity contribution in [1.82, 2.24) is 9.97 Å². The summed E-state index contributed by atoms with van der Waals surface area (Å²) in [6, 6.07) is 6.56. The molecule has 0 atom stereocenters. The van der Waals surface area contributed by atoms with Crippen molar-refractivity contribution in [2.24, 2.45) is 5.73 Å². The van der Waals surface area contributed by atoms with Crippen molar-refractivity contribution < 1.29 is 4.74 Å². The van der Waals surface area contributed by atoms with Crippen molar-refractivity contribution in [3.05, 3.63) is 59.2 Å². The van der Waals surface area contributed by atoms with Gasteiger partial charge in [0.1, 0.15) is 6.61 Å². The van der Waals surface area contributed by atoms with E-state index in [1.54, 1.807) is 18.6 Å². The van der Waals surface area contributed by atoms with E-state index in [4.69, 9.17) is 10.5 Å². The molecule has 0 fully saturated rings. The molecule has 0 aliphatic heterocycles. The molecule has 0 saturated carbocycles. The van der Waals surface area contributed by atoms with Crippen LogP contribution in [-0.2, 0) is 0 Å². The molecule has 0 radical (unpaired) electrons. The van der Waals surface area contributed by atoms with Gasteiger partial charge in [0, 0.05) is 24.3 Å². The number of benzene rings is 1. The second-order valence-electron chi connectivity index (χ2n) is 5.07. The van der Waals surface area contributed by atoms with Gasteiger partial charge in [0.15, 0.2) is 0 Å². The van der Waals surface area contributed by atoms with Crippen molar-refractivity contribution in [2.75, 3.05) is 11.9 Å². The van der Waals surface area contributed by atoms with Crippen molar-refractivity contribution in [3.63, 3.8) is 0 Å². The van der Waals surface area contributed by atoms with Gasteiger partial charge >= 0.3 is 6.01 Å². The number of hydrogen-bond acceptors (Lipinski definition) is 5. The minimum Gasteiger partial charge on any atom is -0.457 e. The number of nitrogens with one attached hydrogen (secondary N) is 1. The molecule has 2 rings (SSSR count). The Labute approximate surface area is 124 Å². The van der Waals surface area contributed by atoms with Gasteiger partial charge in [0.25, 0.3) is 0 Å². The molecule has 2 aromatic rings. The highest BCUT2D eigenvalue weighted by molar-refractivity contribution is 5.50. The molecule has 0 saturated heterocycles. The highest BCUT2D eigenvalue weighted by Crippen LogP contribution is 2.13. The Morgan fingerprint density at radius 3 is 2.33 bits per heavy atom. The highest BCUT2D eigenvalue weighted by Gasteiger charge is 1.99. The molecule has 5 heteroatoms. The lowest BCUT2D eigenvalue weighted by Gasteiger charge is -2.07. The molecule has 0 amide bonds.